The molecule has 0 saturated heterocycles. The fourth-order valence-corrected chi connectivity index (χ4v) is 2.47. The molecule has 2 aromatic carbocycles. The van der Waals surface area contributed by atoms with Gasteiger partial charge in [0.1, 0.15) is 11.2 Å². The third kappa shape index (κ3) is 4.13. The summed E-state index contributed by atoms with van der Waals surface area (Å²) in [4.78, 5) is 4.79. The molecule has 0 amide bonds. The smallest absolute Gasteiger partial charge is 0.118 e. The van der Waals surface area contributed by atoms with Crippen LogP contribution in [0.2, 0.25) is 0 Å². The molecule has 0 aliphatic rings. The second-order valence-electron chi connectivity index (χ2n) is 4.90. The van der Waals surface area contributed by atoms with Gasteiger partial charge in [-0.15, -0.1) is 0 Å². The molecule has 3 heteroatoms. The van der Waals surface area contributed by atoms with Gasteiger partial charge in [-0.25, -0.2) is 4.98 Å². The number of benzene rings is 2. The number of aromatic nitrogens is 3. The molecule has 128 valence electrons. The maximum Gasteiger partial charge on any atom is 0.118 e. The summed E-state index contributed by atoms with van der Waals surface area (Å²) in [6.45, 7) is 8.00. The van der Waals surface area contributed by atoms with Gasteiger partial charge >= 0.3 is 0 Å². The van der Waals surface area contributed by atoms with Crippen LogP contribution in [0.15, 0.2) is 72.8 Å². The molecule has 0 spiro atoms. The van der Waals surface area contributed by atoms with Crippen LogP contribution in [0.3, 0.4) is 0 Å². The fourth-order valence-electron chi connectivity index (χ4n) is 2.47. The lowest BCUT2D eigenvalue weighted by molar-refractivity contribution is 1.12. The van der Waals surface area contributed by atoms with E-state index >= 15 is 0 Å². The number of nitrogens with zero attached hydrogens (tertiary/aromatic N) is 2. The van der Waals surface area contributed by atoms with Gasteiger partial charge in [0.25, 0.3) is 0 Å². The summed E-state index contributed by atoms with van der Waals surface area (Å²) in [5, 5.41) is 7.47. The molecule has 0 bridgehead atoms. The highest BCUT2D eigenvalue weighted by Gasteiger charge is 2.10. The monoisotopic (exact) mass is 331 g/mol. The van der Waals surface area contributed by atoms with Gasteiger partial charge in [0.15, 0.2) is 0 Å². The quantitative estimate of drug-likeness (QED) is 0.465. The van der Waals surface area contributed by atoms with Crippen LogP contribution in [0.25, 0.3) is 33.5 Å². The van der Waals surface area contributed by atoms with Crippen molar-refractivity contribution >= 4 is 11.0 Å². The van der Waals surface area contributed by atoms with Crippen molar-refractivity contribution in [3.63, 3.8) is 0 Å². The van der Waals surface area contributed by atoms with E-state index in [1.165, 1.54) is 0 Å². The lowest BCUT2D eigenvalue weighted by atomic mass is 10.1. The highest BCUT2D eigenvalue weighted by molar-refractivity contribution is 5.90. The van der Waals surface area contributed by atoms with Crippen molar-refractivity contribution in [3.05, 3.63) is 72.8 Å². The first-order valence-corrected chi connectivity index (χ1v) is 8.88. The minimum absolute atomic E-state index is 0.892. The molecular formula is C22H25N3. The predicted octanol–water partition coefficient (Wildman–Crippen LogP) is 6.34. The number of fused-ring (bicyclic) bond motifs is 1. The average Bonchev–Trinajstić information content (AvgIpc) is 3.15. The first-order valence-electron chi connectivity index (χ1n) is 8.88. The van der Waals surface area contributed by atoms with E-state index in [1.54, 1.807) is 0 Å². The topological polar surface area (TPSA) is 41.6 Å². The van der Waals surface area contributed by atoms with Crippen molar-refractivity contribution in [1.82, 2.24) is 15.2 Å². The molecule has 0 aliphatic carbocycles. The van der Waals surface area contributed by atoms with Gasteiger partial charge in [-0.1, -0.05) is 88.4 Å². The number of pyridine rings is 1. The van der Waals surface area contributed by atoms with E-state index in [1.807, 2.05) is 88.4 Å². The van der Waals surface area contributed by atoms with E-state index in [2.05, 4.69) is 22.3 Å². The van der Waals surface area contributed by atoms with Gasteiger partial charge in [0.2, 0.25) is 0 Å². The number of hydrogen-bond donors (Lipinski definition) is 1. The minimum atomic E-state index is 0.892. The van der Waals surface area contributed by atoms with Crippen molar-refractivity contribution in [1.29, 1.82) is 0 Å². The summed E-state index contributed by atoms with van der Waals surface area (Å²) in [6.07, 6.45) is 0. The molecule has 0 saturated carbocycles. The second kappa shape index (κ2) is 9.38. The van der Waals surface area contributed by atoms with Crippen molar-refractivity contribution in [2.24, 2.45) is 0 Å². The molecular weight excluding hydrogens is 306 g/mol. The number of nitrogens with one attached hydrogen (secondary N) is 1. The van der Waals surface area contributed by atoms with Crippen molar-refractivity contribution in [3.8, 4) is 22.5 Å². The molecule has 2 heterocycles. The van der Waals surface area contributed by atoms with Crippen molar-refractivity contribution in [2.75, 3.05) is 0 Å². The van der Waals surface area contributed by atoms with E-state index in [0.717, 1.165) is 33.5 Å². The number of rotatable bonds is 2. The molecule has 4 aromatic rings. The van der Waals surface area contributed by atoms with E-state index in [4.69, 9.17) is 4.98 Å². The van der Waals surface area contributed by atoms with Crippen LogP contribution in [0.4, 0.5) is 0 Å². The highest BCUT2D eigenvalue weighted by atomic mass is 15.1. The molecule has 3 nitrogen and oxygen atoms in total. The first-order chi connectivity index (χ1) is 12.4. The third-order valence-electron chi connectivity index (χ3n) is 3.52. The van der Waals surface area contributed by atoms with Crippen LogP contribution >= 0.6 is 0 Å². The normalized spacial score (nSPS) is 9.60. The third-order valence-corrected chi connectivity index (χ3v) is 3.52. The average molecular weight is 331 g/mol. The van der Waals surface area contributed by atoms with Crippen LogP contribution in [-0.2, 0) is 0 Å². The number of hydrogen-bond acceptors (Lipinski definition) is 2. The maximum atomic E-state index is 4.79. The first kappa shape index (κ1) is 18.4. The number of aromatic amines is 1. The Bertz CT molecular complexity index is 881. The summed E-state index contributed by atoms with van der Waals surface area (Å²) in [7, 11) is 0. The van der Waals surface area contributed by atoms with Crippen molar-refractivity contribution in [2.45, 2.75) is 27.7 Å². The molecule has 0 aliphatic heterocycles. The van der Waals surface area contributed by atoms with Gasteiger partial charge < -0.3 is 0 Å². The van der Waals surface area contributed by atoms with E-state index in [9.17, 15) is 0 Å². The Morgan fingerprint density at radius 3 is 1.80 bits per heavy atom. The Morgan fingerprint density at radius 1 is 0.640 bits per heavy atom. The summed E-state index contributed by atoms with van der Waals surface area (Å²) in [5.41, 5.74) is 5.89. The zero-order chi connectivity index (χ0) is 18.1. The summed E-state index contributed by atoms with van der Waals surface area (Å²) in [5.74, 6) is 0. The van der Waals surface area contributed by atoms with Crippen LogP contribution in [0.5, 0.6) is 0 Å². The largest absolute Gasteiger partial charge is 0.276 e. The van der Waals surface area contributed by atoms with Crippen LogP contribution in [0.1, 0.15) is 27.7 Å². The Morgan fingerprint density at radius 2 is 1.20 bits per heavy atom. The molecule has 4 rings (SSSR count). The molecule has 2 aromatic heterocycles. The lowest BCUT2D eigenvalue weighted by Gasteiger charge is -2.01. The SMILES string of the molecule is CC.CC.c1ccc(-c2ccc3[nH]nc(-c4ccccc4)c3n2)cc1. The van der Waals surface area contributed by atoms with Crippen molar-refractivity contribution < 1.29 is 0 Å². The number of H-pyrrole nitrogens is 1. The zero-order valence-corrected chi connectivity index (χ0v) is 15.3. The van der Waals surface area contributed by atoms with E-state index in [-0.39, 0.29) is 0 Å². The molecule has 0 unspecified atom stereocenters. The molecule has 0 atom stereocenters. The van der Waals surface area contributed by atoms with E-state index in [0.29, 0.717) is 0 Å². The van der Waals surface area contributed by atoms with Gasteiger partial charge in [-0.3, -0.25) is 5.10 Å². The Labute approximate surface area is 149 Å². The van der Waals surface area contributed by atoms with Gasteiger partial charge in [0.05, 0.1) is 11.2 Å². The fraction of sp³-hybridized carbons (Fsp3) is 0.182. The summed E-state index contributed by atoms with van der Waals surface area (Å²) < 4.78 is 0. The standard InChI is InChI=1S/C18H13N3.2C2H6/c1-3-7-13(8-4-1)15-11-12-16-18(19-15)17(21-20-16)14-9-5-2-6-10-14;2*1-2/h1-12H,(H,20,21);2*1-2H3. The summed E-state index contributed by atoms with van der Waals surface area (Å²) in [6, 6.07) is 24.4. The Hall–Kier alpha value is -2.94. The van der Waals surface area contributed by atoms with E-state index < -0.39 is 0 Å². The summed E-state index contributed by atoms with van der Waals surface area (Å²) >= 11 is 0. The van der Waals surface area contributed by atoms with Gasteiger partial charge in [-0.2, -0.15) is 5.10 Å². The second-order valence-corrected chi connectivity index (χ2v) is 4.90. The minimum Gasteiger partial charge on any atom is -0.276 e. The lowest BCUT2D eigenvalue weighted by Crippen LogP contribution is -1.85. The van der Waals surface area contributed by atoms with Crippen LogP contribution < -0.4 is 0 Å². The van der Waals surface area contributed by atoms with Crippen LogP contribution in [-0.4, -0.2) is 15.2 Å². The molecule has 1 N–H and O–H groups in total. The van der Waals surface area contributed by atoms with Gasteiger partial charge in [-0.05, 0) is 12.1 Å². The van der Waals surface area contributed by atoms with Gasteiger partial charge in [0, 0.05) is 11.1 Å². The maximum absolute atomic E-state index is 4.79. The predicted molar refractivity (Wildman–Crippen MR) is 107 cm³/mol. The van der Waals surface area contributed by atoms with Crippen LogP contribution in [0, 0.1) is 0 Å². The zero-order valence-electron chi connectivity index (χ0n) is 15.3. The molecule has 25 heavy (non-hydrogen) atoms. The highest BCUT2D eigenvalue weighted by Crippen LogP contribution is 2.27. The Kier molecular flexibility index (Phi) is 6.90. The molecule has 0 fully saturated rings. The Balaban J connectivity index is 0.000000528. The molecule has 0 radical (unpaired) electrons.